The van der Waals surface area contributed by atoms with Gasteiger partial charge in [0.05, 0.1) is 23.7 Å². The Labute approximate surface area is 196 Å². The second-order valence-corrected chi connectivity index (χ2v) is 10.2. The van der Waals surface area contributed by atoms with E-state index in [0.29, 0.717) is 52.6 Å². The molecule has 0 N–H and O–H groups in total. The molecule has 0 aromatic carbocycles. The summed E-state index contributed by atoms with van der Waals surface area (Å²) in [6.45, 7) is 4.41. The lowest BCUT2D eigenvalue weighted by atomic mass is 9.94. The molecule has 0 atom stereocenters. The van der Waals surface area contributed by atoms with Gasteiger partial charge >= 0.3 is 0 Å². The monoisotopic (exact) mass is 470 g/mol. The van der Waals surface area contributed by atoms with Crippen LogP contribution in [0.1, 0.15) is 43.2 Å². The van der Waals surface area contributed by atoms with E-state index in [2.05, 4.69) is 4.90 Å². The van der Waals surface area contributed by atoms with Gasteiger partial charge in [-0.1, -0.05) is 49.3 Å². The van der Waals surface area contributed by atoms with Gasteiger partial charge in [-0.2, -0.15) is 0 Å². The van der Waals surface area contributed by atoms with Crippen LogP contribution in [0, 0.1) is 6.92 Å². The lowest BCUT2D eigenvalue weighted by Crippen LogP contribution is -2.40. The third-order valence-corrected chi connectivity index (χ3v) is 7.74. The highest BCUT2D eigenvalue weighted by molar-refractivity contribution is 8.26. The van der Waals surface area contributed by atoms with Crippen molar-refractivity contribution in [3.63, 3.8) is 0 Å². The predicted molar refractivity (Wildman–Crippen MR) is 131 cm³/mol. The predicted octanol–water partition coefficient (Wildman–Crippen LogP) is 3.37. The summed E-state index contributed by atoms with van der Waals surface area (Å²) in [5.74, 6) is 0.518. The van der Waals surface area contributed by atoms with Gasteiger partial charge in [0.2, 0.25) is 0 Å². The number of carbonyl (C=O) groups is 1. The summed E-state index contributed by atoms with van der Waals surface area (Å²) in [4.78, 5) is 36.1. The first kappa shape index (κ1) is 21.6. The largest absolute Gasteiger partial charge is 0.378 e. The van der Waals surface area contributed by atoms with Crippen molar-refractivity contribution < 1.29 is 9.53 Å². The summed E-state index contributed by atoms with van der Waals surface area (Å²) in [6.07, 6.45) is 8.86. The number of pyridine rings is 1. The summed E-state index contributed by atoms with van der Waals surface area (Å²) < 4.78 is 7.65. The van der Waals surface area contributed by atoms with E-state index < -0.39 is 0 Å². The Morgan fingerprint density at radius 2 is 1.94 bits per heavy atom. The third kappa shape index (κ3) is 3.86. The van der Waals surface area contributed by atoms with Gasteiger partial charge in [-0.05, 0) is 37.5 Å². The number of thiocarbonyl (C=S) groups is 1. The van der Waals surface area contributed by atoms with Gasteiger partial charge in [0.15, 0.2) is 0 Å². The summed E-state index contributed by atoms with van der Waals surface area (Å²) in [5.41, 5.74) is 1.81. The molecule has 3 aliphatic rings. The van der Waals surface area contributed by atoms with E-state index in [1.54, 1.807) is 21.6 Å². The summed E-state index contributed by atoms with van der Waals surface area (Å²) in [5, 5.41) is 0. The van der Waals surface area contributed by atoms with Crippen LogP contribution in [-0.4, -0.2) is 56.9 Å². The second-order valence-electron chi connectivity index (χ2n) is 8.48. The zero-order valence-electron chi connectivity index (χ0n) is 18.1. The lowest BCUT2D eigenvalue weighted by Gasteiger charge is -2.30. The number of fused-ring (bicyclic) bond motifs is 1. The number of aromatic nitrogens is 2. The van der Waals surface area contributed by atoms with Gasteiger partial charge < -0.3 is 9.64 Å². The van der Waals surface area contributed by atoms with Crippen molar-refractivity contribution in [3.8, 4) is 0 Å². The topological polar surface area (TPSA) is 67.2 Å². The van der Waals surface area contributed by atoms with Crippen molar-refractivity contribution in [1.82, 2.24) is 14.3 Å². The molecule has 1 saturated carbocycles. The van der Waals surface area contributed by atoms with Crippen LogP contribution in [0.25, 0.3) is 11.7 Å². The van der Waals surface area contributed by atoms with Crippen molar-refractivity contribution in [1.29, 1.82) is 0 Å². The number of morpholine rings is 1. The van der Waals surface area contributed by atoms with E-state index in [-0.39, 0.29) is 17.5 Å². The number of carbonyl (C=O) groups excluding carboxylic acids is 1. The molecule has 2 aromatic rings. The fourth-order valence-corrected chi connectivity index (χ4v) is 6.09. The van der Waals surface area contributed by atoms with E-state index in [4.69, 9.17) is 21.9 Å². The van der Waals surface area contributed by atoms with Gasteiger partial charge in [0.25, 0.3) is 11.5 Å². The third-order valence-electron chi connectivity index (χ3n) is 6.41. The minimum atomic E-state index is -0.178. The summed E-state index contributed by atoms with van der Waals surface area (Å²) >= 11 is 6.87. The Morgan fingerprint density at radius 1 is 1.19 bits per heavy atom. The standard InChI is InChI=1S/C23H26N4O3S2/c1-15-6-5-9-26-19(15)24-20(25-10-12-30-13-11-25)17(21(26)28)14-18-22(29)27(23(31)32-18)16-7-3-2-4-8-16/h5-6,9,14,16H,2-4,7-8,10-13H2,1H3. The first-order chi connectivity index (χ1) is 15.5. The lowest BCUT2D eigenvalue weighted by molar-refractivity contribution is -0.124. The molecule has 1 aliphatic carbocycles. The molecule has 0 radical (unpaired) electrons. The number of nitrogens with zero attached hydrogens (tertiary/aromatic N) is 4. The van der Waals surface area contributed by atoms with Crippen LogP contribution in [0.5, 0.6) is 0 Å². The van der Waals surface area contributed by atoms with Crippen LogP contribution in [0.3, 0.4) is 0 Å². The second kappa shape index (κ2) is 8.96. The SMILES string of the molecule is Cc1cccn2c(=O)c(C=C3SC(=S)N(C4CCCCC4)C3=O)c(N3CCOCC3)nc12. The van der Waals surface area contributed by atoms with Crippen LogP contribution < -0.4 is 10.5 Å². The molecule has 0 spiro atoms. The van der Waals surface area contributed by atoms with Gasteiger partial charge in [-0.3, -0.25) is 18.9 Å². The molecule has 0 bridgehead atoms. The average molecular weight is 471 g/mol. The van der Waals surface area contributed by atoms with Gasteiger partial charge in [-0.15, -0.1) is 0 Å². The maximum absolute atomic E-state index is 13.6. The molecule has 4 heterocycles. The van der Waals surface area contributed by atoms with Crippen molar-refractivity contribution >= 4 is 51.7 Å². The fourth-order valence-electron chi connectivity index (χ4n) is 4.71. The first-order valence-electron chi connectivity index (χ1n) is 11.2. The summed E-state index contributed by atoms with van der Waals surface area (Å²) in [6, 6.07) is 3.95. The minimum absolute atomic E-state index is 0.0893. The van der Waals surface area contributed by atoms with Gasteiger partial charge in [0.1, 0.15) is 15.8 Å². The Bertz CT molecular complexity index is 1160. The summed E-state index contributed by atoms with van der Waals surface area (Å²) in [7, 11) is 0. The molecule has 168 valence electrons. The maximum Gasteiger partial charge on any atom is 0.267 e. The molecule has 9 heteroatoms. The van der Waals surface area contributed by atoms with Gasteiger partial charge in [0, 0.05) is 25.3 Å². The molecule has 0 unspecified atom stereocenters. The normalized spacial score (nSPS) is 21.8. The van der Waals surface area contributed by atoms with Crippen LogP contribution in [0.15, 0.2) is 28.0 Å². The molecule has 2 aromatic heterocycles. The molecule has 2 saturated heterocycles. The van der Waals surface area contributed by atoms with E-state index in [1.807, 2.05) is 19.1 Å². The number of anilines is 1. The number of hydrogen-bond donors (Lipinski definition) is 0. The van der Waals surface area contributed by atoms with Crippen molar-refractivity contribution in [3.05, 3.63) is 44.7 Å². The highest BCUT2D eigenvalue weighted by Gasteiger charge is 2.38. The van der Waals surface area contributed by atoms with E-state index in [0.717, 1.165) is 31.2 Å². The number of amides is 1. The average Bonchev–Trinajstić information content (AvgIpc) is 3.10. The van der Waals surface area contributed by atoms with E-state index >= 15 is 0 Å². The Morgan fingerprint density at radius 3 is 2.69 bits per heavy atom. The van der Waals surface area contributed by atoms with Gasteiger partial charge in [-0.25, -0.2) is 4.98 Å². The Balaban J connectivity index is 1.60. The highest BCUT2D eigenvalue weighted by atomic mass is 32.2. The zero-order chi connectivity index (χ0) is 22.2. The maximum atomic E-state index is 13.6. The number of ether oxygens (including phenoxy) is 1. The molecule has 2 aliphatic heterocycles. The smallest absolute Gasteiger partial charge is 0.267 e. The molecular formula is C23H26N4O3S2. The highest BCUT2D eigenvalue weighted by Crippen LogP contribution is 2.37. The van der Waals surface area contributed by atoms with E-state index in [1.165, 1.54) is 18.2 Å². The zero-order valence-corrected chi connectivity index (χ0v) is 19.7. The van der Waals surface area contributed by atoms with Crippen molar-refractivity contribution in [2.45, 2.75) is 45.1 Å². The van der Waals surface area contributed by atoms with Crippen LogP contribution in [0.4, 0.5) is 5.82 Å². The molecule has 1 amide bonds. The molecular weight excluding hydrogens is 444 g/mol. The van der Waals surface area contributed by atoms with E-state index in [9.17, 15) is 9.59 Å². The quantitative estimate of drug-likeness (QED) is 0.503. The number of hydrogen-bond acceptors (Lipinski definition) is 7. The number of thioether (sulfide) groups is 1. The number of rotatable bonds is 3. The Kier molecular flexibility index (Phi) is 6.05. The van der Waals surface area contributed by atoms with Crippen LogP contribution in [0.2, 0.25) is 0 Å². The first-order valence-corrected chi connectivity index (χ1v) is 12.4. The van der Waals surface area contributed by atoms with Crippen LogP contribution in [-0.2, 0) is 9.53 Å². The fraction of sp³-hybridized carbons (Fsp3) is 0.478. The Hall–Kier alpha value is -2.23. The molecule has 3 fully saturated rings. The molecule has 7 nitrogen and oxygen atoms in total. The molecule has 32 heavy (non-hydrogen) atoms. The van der Waals surface area contributed by atoms with Crippen molar-refractivity contribution in [2.75, 3.05) is 31.2 Å². The van der Waals surface area contributed by atoms with Crippen LogP contribution >= 0.6 is 24.0 Å². The number of aryl methyl sites for hydroxylation is 1. The van der Waals surface area contributed by atoms with Crippen molar-refractivity contribution in [2.24, 2.45) is 0 Å². The minimum Gasteiger partial charge on any atom is -0.378 e. The molecule has 5 rings (SSSR count).